The molecule has 1 unspecified atom stereocenters. The van der Waals surface area contributed by atoms with Crippen LogP contribution in [0.3, 0.4) is 0 Å². The molecule has 6 heteroatoms. The maximum absolute atomic E-state index is 8.92. The molecule has 3 atom stereocenters. The highest BCUT2D eigenvalue weighted by molar-refractivity contribution is 4.97. The number of aliphatic hydroxyl groups excluding tert-OH is 6. The van der Waals surface area contributed by atoms with Gasteiger partial charge in [-0.25, -0.2) is 0 Å². The highest BCUT2D eigenvalue weighted by Gasteiger charge is 2.26. The Kier molecular flexibility index (Phi) is 4.60. The summed E-state index contributed by atoms with van der Waals surface area (Å²) in [6.45, 7) is -0.753. The van der Waals surface area contributed by atoms with Crippen LogP contribution in [-0.4, -0.2) is 55.6 Å². The molecule has 0 heterocycles. The zero-order valence-corrected chi connectivity index (χ0v) is 6.20. The van der Waals surface area contributed by atoms with Crippen molar-refractivity contribution in [2.45, 2.75) is 18.3 Å². The van der Waals surface area contributed by atoms with Gasteiger partial charge in [0.25, 0.3) is 0 Å². The minimum absolute atomic E-state index is 0.192. The summed E-state index contributed by atoms with van der Waals surface area (Å²) >= 11 is 0. The van der Waals surface area contributed by atoms with Crippen molar-refractivity contribution in [1.82, 2.24) is 0 Å². The lowest BCUT2D eigenvalue weighted by atomic mass is 10.1. The van der Waals surface area contributed by atoms with Gasteiger partial charge in [-0.05, 0) is 0 Å². The molecule has 0 aliphatic heterocycles. The molecule has 0 amide bonds. The highest BCUT2D eigenvalue weighted by atomic mass is 16.4. The van der Waals surface area contributed by atoms with Crippen molar-refractivity contribution in [3.05, 3.63) is 12.0 Å². The summed E-state index contributed by atoms with van der Waals surface area (Å²) < 4.78 is 0. The SMILES string of the molecule is O/C=C(/O)[C@H](O)[C@H](O)C(O)CO. The first-order chi connectivity index (χ1) is 5.54. The van der Waals surface area contributed by atoms with Crippen LogP contribution in [-0.2, 0) is 0 Å². The van der Waals surface area contributed by atoms with Gasteiger partial charge in [0.15, 0.2) is 5.76 Å². The Morgan fingerprint density at radius 3 is 2.08 bits per heavy atom. The lowest BCUT2D eigenvalue weighted by molar-refractivity contribution is -0.0750. The fourth-order valence-electron chi connectivity index (χ4n) is 0.570. The Balaban J connectivity index is 4.18. The minimum atomic E-state index is -1.81. The molecule has 72 valence electrons. The first-order valence-corrected chi connectivity index (χ1v) is 3.22. The number of aliphatic hydroxyl groups is 6. The minimum Gasteiger partial charge on any atom is -0.512 e. The monoisotopic (exact) mass is 180 g/mol. The van der Waals surface area contributed by atoms with Crippen LogP contribution in [0.4, 0.5) is 0 Å². The zero-order chi connectivity index (χ0) is 9.72. The normalized spacial score (nSPS) is 20.2. The van der Waals surface area contributed by atoms with Crippen LogP contribution in [0, 0.1) is 0 Å². The maximum Gasteiger partial charge on any atom is 0.158 e. The van der Waals surface area contributed by atoms with Crippen LogP contribution in [0.2, 0.25) is 0 Å². The maximum atomic E-state index is 8.92. The van der Waals surface area contributed by atoms with Gasteiger partial charge in [0.05, 0.1) is 6.61 Å². The summed E-state index contributed by atoms with van der Waals surface area (Å²) in [5.41, 5.74) is 0. The lowest BCUT2D eigenvalue weighted by Gasteiger charge is -2.20. The summed E-state index contributed by atoms with van der Waals surface area (Å²) in [4.78, 5) is 0. The van der Waals surface area contributed by atoms with Crippen LogP contribution in [0.25, 0.3) is 0 Å². The molecular formula is C6H12O6. The zero-order valence-electron chi connectivity index (χ0n) is 6.20. The van der Waals surface area contributed by atoms with E-state index in [1.807, 2.05) is 0 Å². The van der Waals surface area contributed by atoms with Gasteiger partial charge in [-0.1, -0.05) is 0 Å². The number of hydrogen-bond donors (Lipinski definition) is 6. The van der Waals surface area contributed by atoms with E-state index < -0.39 is 30.7 Å². The molecule has 0 aromatic heterocycles. The predicted octanol–water partition coefficient (Wildman–Crippen LogP) is -1.98. The third-order valence-electron chi connectivity index (χ3n) is 1.34. The fraction of sp³-hybridized carbons (Fsp3) is 0.667. The van der Waals surface area contributed by atoms with Gasteiger partial charge in [-0.15, -0.1) is 0 Å². The van der Waals surface area contributed by atoms with Crippen molar-refractivity contribution < 1.29 is 30.6 Å². The van der Waals surface area contributed by atoms with Gasteiger partial charge in [0, 0.05) is 0 Å². The molecule has 0 bridgehead atoms. The Morgan fingerprint density at radius 2 is 1.75 bits per heavy atom. The predicted molar refractivity (Wildman–Crippen MR) is 38.4 cm³/mol. The summed E-state index contributed by atoms with van der Waals surface area (Å²) in [6, 6.07) is 0. The third kappa shape index (κ3) is 2.67. The molecule has 0 spiro atoms. The van der Waals surface area contributed by atoms with E-state index in [4.69, 9.17) is 30.6 Å². The molecule has 0 aromatic carbocycles. The standard InChI is InChI=1S/C6H12O6/c7-1-3(9)5(11)6(12)4(10)2-8/h1,4-12H,2H2/b3-1+/t4?,5-,6+/m0/s1. The van der Waals surface area contributed by atoms with Crippen LogP contribution < -0.4 is 0 Å². The molecule has 0 aliphatic rings. The molecule has 0 aromatic rings. The number of rotatable bonds is 4. The Bertz CT molecular complexity index is 156. The Labute approximate surface area is 68.6 Å². The van der Waals surface area contributed by atoms with E-state index in [0.717, 1.165) is 0 Å². The second-order valence-corrected chi connectivity index (χ2v) is 2.24. The smallest absolute Gasteiger partial charge is 0.158 e. The van der Waals surface area contributed by atoms with Crippen molar-refractivity contribution >= 4 is 0 Å². The average Bonchev–Trinajstić information content (AvgIpc) is 2.12. The number of hydrogen-bond acceptors (Lipinski definition) is 6. The van der Waals surface area contributed by atoms with E-state index >= 15 is 0 Å². The van der Waals surface area contributed by atoms with E-state index in [9.17, 15) is 0 Å². The van der Waals surface area contributed by atoms with Crippen LogP contribution in [0.1, 0.15) is 0 Å². The summed E-state index contributed by atoms with van der Waals surface area (Å²) in [5, 5.41) is 51.7. The van der Waals surface area contributed by atoms with E-state index in [1.54, 1.807) is 0 Å². The van der Waals surface area contributed by atoms with E-state index in [1.165, 1.54) is 0 Å². The molecule has 0 radical (unpaired) electrons. The van der Waals surface area contributed by atoms with Crippen LogP contribution in [0.5, 0.6) is 0 Å². The summed E-state index contributed by atoms with van der Waals surface area (Å²) in [6.07, 6.45) is -4.92. The van der Waals surface area contributed by atoms with E-state index in [0.29, 0.717) is 0 Å². The first-order valence-electron chi connectivity index (χ1n) is 3.22. The topological polar surface area (TPSA) is 121 Å². The quantitative estimate of drug-likeness (QED) is 0.279. The first kappa shape index (κ1) is 11.2. The largest absolute Gasteiger partial charge is 0.512 e. The van der Waals surface area contributed by atoms with Crippen molar-refractivity contribution in [3.63, 3.8) is 0 Å². The molecule has 6 N–H and O–H groups in total. The van der Waals surface area contributed by atoms with Crippen molar-refractivity contribution in [3.8, 4) is 0 Å². The Morgan fingerprint density at radius 1 is 1.25 bits per heavy atom. The highest BCUT2D eigenvalue weighted by Crippen LogP contribution is 2.06. The van der Waals surface area contributed by atoms with Gasteiger partial charge in [0.1, 0.15) is 24.6 Å². The molecule has 0 rings (SSSR count). The van der Waals surface area contributed by atoms with Crippen molar-refractivity contribution in [1.29, 1.82) is 0 Å². The van der Waals surface area contributed by atoms with Gasteiger partial charge in [-0.3, -0.25) is 0 Å². The van der Waals surface area contributed by atoms with Crippen LogP contribution in [0.15, 0.2) is 12.0 Å². The second-order valence-electron chi connectivity index (χ2n) is 2.24. The molecule has 0 fully saturated rings. The van der Waals surface area contributed by atoms with Gasteiger partial charge >= 0.3 is 0 Å². The third-order valence-corrected chi connectivity index (χ3v) is 1.34. The second kappa shape index (κ2) is 4.94. The van der Waals surface area contributed by atoms with E-state index in [2.05, 4.69) is 0 Å². The molecule has 6 nitrogen and oxygen atoms in total. The lowest BCUT2D eigenvalue weighted by Crippen LogP contribution is -2.40. The molecule has 12 heavy (non-hydrogen) atoms. The van der Waals surface area contributed by atoms with Crippen molar-refractivity contribution in [2.24, 2.45) is 0 Å². The van der Waals surface area contributed by atoms with Crippen LogP contribution >= 0.6 is 0 Å². The fourth-order valence-corrected chi connectivity index (χ4v) is 0.570. The van der Waals surface area contributed by atoms with E-state index in [-0.39, 0.29) is 6.26 Å². The average molecular weight is 180 g/mol. The van der Waals surface area contributed by atoms with Gasteiger partial charge in [0.2, 0.25) is 0 Å². The van der Waals surface area contributed by atoms with Gasteiger partial charge in [-0.2, -0.15) is 0 Å². The van der Waals surface area contributed by atoms with Gasteiger partial charge < -0.3 is 30.6 Å². The molecule has 0 aliphatic carbocycles. The van der Waals surface area contributed by atoms with Crippen molar-refractivity contribution in [2.75, 3.05) is 6.61 Å². The summed E-state index contributed by atoms with van der Waals surface area (Å²) in [7, 11) is 0. The molecular weight excluding hydrogens is 168 g/mol. The Hall–Kier alpha value is -0.820. The molecule has 0 saturated heterocycles. The molecule has 0 saturated carbocycles. The summed E-state index contributed by atoms with van der Waals surface area (Å²) in [5.74, 6) is -0.880.